The first-order valence-electron chi connectivity index (χ1n) is 5.58. The highest BCUT2D eigenvalue weighted by atomic mass is 127. The number of halogens is 1. The van der Waals surface area contributed by atoms with Crippen LogP contribution in [0, 0.1) is 8.99 Å². The Morgan fingerprint density at radius 3 is 2.53 bits per heavy atom. The maximum Gasteiger partial charge on any atom is 0.183 e. The van der Waals surface area contributed by atoms with Gasteiger partial charge in [0.2, 0.25) is 0 Å². The van der Waals surface area contributed by atoms with Gasteiger partial charge in [0.25, 0.3) is 0 Å². The predicted molar refractivity (Wildman–Crippen MR) is 74.1 cm³/mol. The third-order valence-corrected chi connectivity index (χ3v) is 3.59. The number of hydrogen-bond donors (Lipinski definition) is 0. The molecule has 94 valence electrons. The summed E-state index contributed by atoms with van der Waals surface area (Å²) < 4.78 is 17.9. The lowest BCUT2D eigenvalue weighted by Gasteiger charge is -2.34. The summed E-state index contributed by atoms with van der Waals surface area (Å²) in [5.41, 5.74) is 1.11. The fourth-order valence-corrected chi connectivity index (χ4v) is 2.26. The van der Waals surface area contributed by atoms with Crippen molar-refractivity contribution in [3.05, 3.63) is 27.3 Å². The highest BCUT2D eigenvalue weighted by Crippen LogP contribution is 2.33. The van der Waals surface area contributed by atoms with Gasteiger partial charge >= 0.3 is 0 Å². The summed E-state index contributed by atoms with van der Waals surface area (Å²) in [6.07, 6.45) is -0.270. The molecule has 2 rings (SSSR count). The third-order valence-electron chi connectivity index (χ3n) is 2.70. The lowest BCUT2D eigenvalue weighted by molar-refractivity contribution is -0.226. The van der Waals surface area contributed by atoms with Crippen LogP contribution < -0.4 is 4.74 Å². The molecule has 0 N–H and O–H groups in total. The molecule has 0 aromatic heterocycles. The molecular formula is C13H17IO3. The Hall–Kier alpha value is -0.330. The molecule has 1 saturated heterocycles. The SMILES string of the molecule is COc1cc(C2OCC(C)(C)CO2)ccc1I. The average molecular weight is 348 g/mol. The van der Waals surface area contributed by atoms with E-state index in [1.54, 1.807) is 7.11 Å². The molecule has 0 atom stereocenters. The number of ether oxygens (including phenoxy) is 3. The molecular weight excluding hydrogens is 331 g/mol. The van der Waals surface area contributed by atoms with Crippen LogP contribution in [0.4, 0.5) is 0 Å². The normalized spacial score (nSPS) is 20.2. The van der Waals surface area contributed by atoms with Crippen LogP contribution in [-0.4, -0.2) is 20.3 Å². The molecule has 0 spiro atoms. The van der Waals surface area contributed by atoms with Crippen molar-refractivity contribution >= 4 is 22.6 Å². The van der Waals surface area contributed by atoms with Crippen molar-refractivity contribution < 1.29 is 14.2 Å². The van der Waals surface area contributed by atoms with Crippen molar-refractivity contribution in [3.63, 3.8) is 0 Å². The minimum absolute atomic E-state index is 0.101. The number of hydrogen-bond acceptors (Lipinski definition) is 3. The second-order valence-corrected chi connectivity index (χ2v) is 6.17. The van der Waals surface area contributed by atoms with E-state index in [-0.39, 0.29) is 11.7 Å². The average Bonchev–Trinajstić information content (AvgIpc) is 2.30. The monoisotopic (exact) mass is 348 g/mol. The summed E-state index contributed by atoms with van der Waals surface area (Å²) in [5.74, 6) is 0.861. The molecule has 1 aromatic carbocycles. The van der Waals surface area contributed by atoms with Gasteiger partial charge in [0.1, 0.15) is 5.75 Å². The molecule has 1 aliphatic heterocycles. The van der Waals surface area contributed by atoms with Crippen molar-refractivity contribution in [2.24, 2.45) is 5.41 Å². The first-order valence-corrected chi connectivity index (χ1v) is 6.66. The number of benzene rings is 1. The van der Waals surface area contributed by atoms with Crippen molar-refractivity contribution in [2.45, 2.75) is 20.1 Å². The molecule has 0 bridgehead atoms. The van der Waals surface area contributed by atoms with E-state index in [9.17, 15) is 0 Å². The molecule has 0 aliphatic carbocycles. The van der Waals surface area contributed by atoms with E-state index in [2.05, 4.69) is 36.4 Å². The van der Waals surface area contributed by atoms with Gasteiger partial charge in [-0.1, -0.05) is 19.9 Å². The van der Waals surface area contributed by atoms with Gasteiger partial charge in [-0.25, -0.2) is 0 Å². The zero-order chi connectivity index (χ0) is 12.5. The number of rotatable bonds is 2. The topological polar surface area (TPSA) is 27.7 Å². The smallest absolute Gasteiger partial charge is 0.183 e. The molecule has 1 aromatic rings. The van der Waals surface area contributed by atoms with Crippen molar-refractivity contribution in [1.82, 2.24) is 0 Å². The molecule has 1 aliphatic rings. The van der Waals surface area contributed by atoms with E-state index in [4.69, 9.17) is 14.2 Å². The summed E-state index contributed by atoms with van der Waals surface area (Å²) in [7, 11) is 1.67. The molecule has 1 heterocycles. The molecule has 17 heavy (non-hydrogen) atoms. The quantitative estimate of drug-likeness (QED) is 0.767. The van der Waals surface area contributed by atoms with Crippen LogP contribution in [0.3, 0.4) is 0 Å². The van der Waals surface area contributed by atoms with Crippen molar-refractivity contribution in [3.8, 4) is 5.75 Å². The lowest BCUT2D eigenvalue weighted by atomic mass is 9.95. The molecule has 3 nitrogen and oxygen atoms in total. The van der Waals surface area contributed by atoms with Crippen molar-refractivity contribution in [1.29, 1.82) is 0 Å². The van der Waals surface area contributed by atoms with E-state index in [0.717, 1.165) is 14.9 Å². The second-order valence-electron chi connectivity index (χ2n) is 5.01. The highest BCUT2D eigenvalue weighted by Gasteiger charge is 2.29. The van der Waals surface area contributed by atoms with Crippen LogP contribution in [0.15, 0.2) is 18.2 Å². The molecule has 0 radical (unpaired) electrons. The Morgan fingerprint density at radius 2 is 1.94 bits per heavy atom. The Bertz CT molecular complexity index is 394. The summed E-state index contributed by atoms with van der Waals surface area (Å²) in [5, 5.41) is 0. The van der Waals surface area contributed by atoms with Gasteiger partial charge in [0.15, 0.2) is 6.29 Å². The summed E-state index contributed by atoms with van der Waals surface area (Å²) in [4.78, 5) is 0. The van der Waals surface area contributed by atoms with Gasteiger partial charge in [0, 0.05) is 11.0 Å². The lowest BCUT2D eigenvalue weighted by Crippen LogP contribution is -2.33. The second kappa shape index (κ2) is 5.12. The van der Waals surface area contributed by atoms with Crippen LogP contribution in [0.1, 0.15) is 25.7 Å². The van der Waals surface area contributed by atoms with Crippen molar-refractivity contribution in [2.75, 3.05) is 20.3 Å². The van der Waals surface area contributed by atoms with Gasteiger partial charge in [-0.3, -0.25) is 0 Å². The molecule has 0 unspecified atom stereocenters. The Balaban J connectivity index is 2.13. The fourth-order valence-electron chi connectivity index (χ4n) is 1.71. The first-order chi connectivity index (χ1) is 8.02. The molecule has 0 saturated carbocycles. The van der Waals surface area contributed by atoms with Gasteiger partial charge in [-0.05, 0) is 34.7 Å². The molecule has 4 heteroatoms. The minimum Gasteiger partial charge on any atom is -0.496 e. The maximum absolute atomic E-state index is 5.74. The summed E-state index contributed by atoms with van der Waals surface area (Å²) in [6, 6.07) is 6.01. The highest BCUT2D eigenvalue weighted by molar-refractivity contribution is 14.1. The van der Waals surface area contributed by atoms with Gasteiger partial charge < -0.3 is 14.2 Å². The van der Waals surface area contributed by atoms with Gasteiger partial charge in [-0.2, -0.15) is 0 Å². The summed E-state index contributed by atoms with van der Waals surface area (Å²) >= 11 is 2.25. The maximum atomic E-state index is 5.74. The minimum atomic E-state index is -0.270. The van der Waals surface area contributed by atoms with Crippen LogP contribution in [0.5, 0.6) is 5.75 Å². The Morgan fingerprint density at radius 1 is 1.29 bits per heavy atom. The predicted octanol–water partition coefficient (Wildman–Crippen LogP) is 3.37. The molecule has 1 fully saturated rings. The zero-order valence-corrected chi connectivity index (χ0v) is 12.5. The van der Waals surface area contributed by atoms with Gasteiger partial charge in [-0.15, -0.1) is 0 Å². The van der Waals surface area contributed by atoms with E-state index >= 15 is 0 Å². The Labute approximate surface area is 116 Å². The van der Waals surface area contributed by atoms with Crippen LogP contribution in [-0.2, 0) is 9.47 Å². The molecule has 0 amide bonds. The van der Waals surface area contributed by atoms with Crippen LogP contribution >= 0.6 is 22.6 Å². The van der Waals surface area contributed by atoms with E-state index in [1.165, 1.54) is 0 Å². The van der Waals surface area contributed by atoms with E-state index < -0.39 is 0 Å². The standard InChI is InChI=1S/C13H17IO3/c1-13(2)7-16-12(17-8-13)9-4-5-10(14)11(6-9)15-3/h4-6,12H,7-8H2,1-3H3. The van der Waals surface area contributed by atoms with E-state index in [1.807, 2.05) is 18.2 Å². The Kier molecular flexibility index (Phi) is 3.95. The van der Waals surface area contributed by atoms with E-state index in [0.29, 0.717) is 13.2 Å². The fraction of sp³-hybridized carbons (Fsp3) is 0.538. The van der Waals surface area contributed by atoms with Crippen LogP contribution in [0.2, 0.25) is 0 Å². The largest absolute Gasteiger partial charge is 0.496 e. The zero-order valence-electron chi connectivity index (χ0n) is 10.3. The summed E-state index contributed by atoms with van der Waals surface area (Å²) in [6.45, 7) is 5.70. The third kappa shape index (κ3) is 3.11. The first kappa shape index (κ1) is 13.1. The number of methoxy groups -OCH3 is 1. The van der Waals surface area contributed by atoms with Crippen LogP contribution in [0.25, 0.3) is 0 Å². The van der Waals surface area contributed by atoms with Gasteiger partial charge in [0.05, 0.1) is 23.9 Å².